The van der Waals surface area contributed by atoms with E-state index in [2.05, 4.69) is 14.9 Å². The molecule has 1 aromatic heterocycles. The number of nitrogens with one attached hydrogen (secondary N) is 1. The molecule has 0 aliphatic carbocycles. The zero-order chi connectivity index (χ0) is 10.7. The molecule has 0 saturated heterocycles. The van der Waals surface area contributed by atoms with Crippen LogP contribution in [0.25, 0.3) is 0 Å². The summed E-state index contributed by atoms with van der Waals surface area (Å²) in [6.07, 6.45) is 0. The summed E-state index contributed by atoms with van der Waals surface area (Å²) in [5, 5.41) is 14.5. The second-order valence-electron chi connectivity index (χ2n) is 2.72. The molecule has 0 bridgehead atoms. The molecule has 6 nitrogen and oxygen atoms in total. The number of hydrogen-bond acceptors (Lipinski definition) is 5. The number of aryl methyl sites for hydroxylation is 1. The maximum Gasteiger partial charge on any atom is 0.325 e. The molecule has 0 saturated carbocycles. The Morgan fingerprint density at radius 1 is 1.57 bits per heavy atom. The van der Waals surface area contributed by atoms with Crippen LogP contribution in [0.3, 0.4) is 0 Å². The zero-order valence-electron chi connectivity index (χ0n) is 7.64. The van der Waals surface area contributed by atoms with Gasteiger partial charge in [0.05, 0.1) is 5.69 Å². The van der Waals surface area contributed by atoms with Gasteiger partial charge in [0.2, 0.25) is 0 Å². The van der Waals surface area contributed by atoms with E-state index in [1.54, 1.807) is 6.92 Å². The van der Waals surface area contributed by atoms with E-state index in [0.717, 1.165) is 11.5 Å². The lowest BCUT2D eigenvalue weighted by molar-refractivity contribution is -0.138. The molecule has 1 heterocycles. The van der Waals surface area contributed by atoms with Crippen LogP contribution in [0.2, 0.25) is 0 Å². The predicted molar refractivity (Wildman–Crippen MR) is 49.2 cm³/mol. The van der Waals surface area contributed by atoms with Gasteiger partial charge in [-0.2, -0.15) is 0 Å². The number of aromatic nitrogens is 2. The summed E-state index contributed by atoms with van der Waals surface area (Å²) in [5.74, 6) is -1.53. The van der Waals surface area contributed by atoms with Gasteiger partial charge in [0, 0.05) is 0 Å². The van der Waals surface area contributed by atoms with Crippen molar-refractivity contribution in [3.05, 3.63) is 10.6 Å². The number of amides is 1. The number of rotatable bonds is 3. The third-order valence-corrected chi connectivity index (χ3v) is 2.40. The van der Waals surface area contributed by atoms with Crippen LogP contribution >= 0.6 is 11.5 Å². The van der Waals surface area contributed by atoms with Crippen LogP contribution in [-0.2, 0) is 4.79 Å². The fourth-order valence-corrected chi connectivity index (χ4v) is 1.32. The highest BCUT2D eigenvalue weighted by molar-refractivity contribution is 7.08. The fraction of sp³-hybridized carbons (Fsp3) is 0.429. The van der Waals surface area contributed by atoms with E-state index >= 15 is 0 Å². The summed E-state index contributed by atoms with van der Waals surface area (Å²) in [6.45, 7) is 3.04. The normalized spacial score (nSPS) is 12.1. The lowest BCUT2D eigenvalue weighted by Crippen LogP contribution is -2.38. The van der Waals surface area contributed by atoms with Gasteiger partial charge in [-0.05, 0) is 25.4 Å². The highest BCUT2D eigenvalue weighted by Crippen LogP contribution is 2.08. The van der Waals surface area contributed by atoms with Gasteiger partial charge in [-0.15, -0.1) is 5.10 Å². The van der Waals surface area contributed by atoms with E-state index in [9.17, 15) is 9.59 Å². The summed E-state index contributed by atoms with van der Waals surface area (Å²) in [7, 11) is 0. The summed E-state index contributed by atoms with van der Waals surface area (Å²) in [5.41, 5.74) is 0.505. The largest absolute Gasteiger partial charge is 0.480 e. The smallest absolute Gasteiger partial charge is 0.325 e. The van der Waals surface area contributed by atoms with Crippen LogP contribution in [-0.4, -0.2) is 32.6 Å². The third-order valence-electron chi connectivity index (χ3n) is 1.58. The van der Waals surface area contributed by atoms with Gasteiger partial charge in [0.1, 0.15) is 10.9 Å². The molecule has 1 amide bonds. The SMILES string of the molecule is Cc1nnsc1C(=O)NC(C)C(=O)O. The van der Waals surface area contributed by atoms with E-state index in [1.165, 1.54) is 6.92 Å². The minimum Gasteiger partial charge on any atom is -0.480 e. The molecule has 7 heteroatoms. The molecule has 14 heavy (non-hydrogen) atoms. The van der Waals surface area contributed by atoms with Gasteiger partial charge >= 0.3 is 5.97 Å². The Balaban J connectivity index is 2.69. The van der Waals surface area contributed by atoms with Crippen molar-refractivity contribution in [2.45, 2.75) is 19.9 Å². The van der Waals surface area contributed by atoms with Crippen LogP contribution in [0.4, 0.5) is 0 Å². The summed E-state index contributed by atoms with van der Waals surface area (Å²) in [4.78, 5) is 22.2. The van der Waals surface area contributed by atoms with Gasteiger partial charge in [-0.3, -0.25) is 9.59 Å². The molecule has 0 fully saturated rings. The van der Waals surface area contributed by atoms with Crippen molar-refractivity contribution in [3.8, 4) is 0 Å². The second kappa shape index (κ2) is 4.14. The highest BCUT2D eigenvalue weighted by atomic mass is 32.1. The number of nitrogens with zero attached hydrogens (tertiary/aromatic N) is 2. The molecule has 1 rings (SSSR count). The molecule has 1 atom stereocenters. The number of hydrogen-bond donors (Lipinski definition) is 2. The van der Waals surface area contributed by atoms with Crippen LogP contribution < -0.4 is 5.32 Å². The zero-order valence-corrected chi connectivity index (χ0v) is 8.46. The summed E-state index contributed by atoms with van der Waals surface area (Å²) < 4.78 is 3.58. The molecule has 2 N–H and O–H groups in total. The summed E-state index contributed by atoms with van der Waals surface area (Å²) >= 11 is 0.945. The number of carboxylic acid groups (broad SMARTS) is 1. The van der Waals surface area contributed by atoms with Gasteiger partial charge < -0.3 is 10.4 Å². The Morgan fingerprint density at radius 3 is 2.64 bits per heavy atom. The lowest BCUT2D eigenvalue weighted by Gasteiger charge is -2.07. The molecule has 1 unspecified atom stereocenters. The van der Waals surface area contributed by atoms with Crippen molar-refractivity contribution in [3.63, 3.8) is 0 Å². The number of carbonyl (C=O) groups excluding carboxylic acids is 1. The number of carbonyl (C=O) groups is 2. The molecule has 0 aliphatic heterocycles. The van der Waals surface area contributed by atoms with Crippen molar-refractivity contribution < 1.29 is 14.7 Å². The topological polar surface area (TPSA) is 92.2 Å². The van der Waals surface area contributed by atoms with Crippen molar-refractivity contribution in [2.24, 2.45) is 0 Å². The monoisotopic (exact) mass is 215 g/mol. The molecule has 0 spiro atoms. The number of carboxylic acids is 1. The van der Waals surface area contributed by atoms with Crippen LogP contribution in [0.15, 0.2) is 0 Å². The highest BCUT2D eigenvalue weighted by Gasteiger charge is 2.18. The van der Waals surface area contributed by atoms with E-state index in [4.69, 9.17) is 5.11 Å². The molecule has 0 radical (unpaired) electrons. The molecular formula is C7H9N3O3S. The van der Waals surface area contributed by atoms with Crippen molar-refractivity contribution >= 4 is 23.4 Å². The van der Waals surface area contributed by atoms with Gasteiger partial charge in [0.25, 0.3) is 5.91 Å². The first kappa shape index (κ1) is 10.6. The Kier molecular flexibility index (Phi) is 3.13. The standard InChI is InChI=1S/C7H9N3O3S/c1-3-5(14-10-9-3)6(11)8-4(2)7(12)13/h4H,1-2H3,(H,8,11)(H,12,13). The first-order valence-corrected chi connectivity index (χ1v) is 4.62. The predicted octanol–water partition coefficient (Wildman–Crippen LogP) is 0.0494. The quantitative estimate of drug-likeness (QED) is 0.743. The van der Waals surface area contributed by atoms with E-state index in [1.807, 2.05) is 0 Å². The molecular weight excluding hydrogens is 206 g/mol. The van der Waals surface area contributed by atoms with Crippen LogP contribution in [0.1, 0.15) is 22.3 Å². The van der Waals surface area contributed by atoms with Gasteiger partial charge in [-0.25, -0.2) is 0 Å². The molecule has 1 aromatic rings. The van der Waals surface area contributed by atoms with E-state index in [-0.39, 0.29) is 0 Å². The molecule has 0 aromatic carbocycles. The average Bonchev–Trinajstić information content (AvgIpc) is 2.51. The van der Waals surface area contributed by atoms with Gasteiger partial charge in [0.15, 0.2) is 0 Å². The summed E-state index contributed by atoms with van der Waals surface area (Å²) in [6, 6.07) is -0.913. The van der Waals surface area contributed by atoms with Crippen molar-refractivity contribution in [1.82, 2.24) is 14.9 Å². The van der Waals surface area contributed by atoms with Crippen molar-refractivity contribution in [2.75, 3.05) is 0 Å². The van der Waals surface area contributed by atoms with Crippen molar-refractivity contribution in [1.29, 1.82) is 0 Å². The second-order valence-corrected chi connectivity index (χ2v) is 3.47. The van der Waals surface area contributed by atoms with Gasteiger partial charge in [-0.1, -0.05) is 4.49 Å². The molecule has 76 valence electrons. The Hall–Kier alpha value is -1.50. The lowest BCUT2D eigenvalue weighted by atomic mass is 10.3. The maximum atomic E-state index is 11.4. The van der Waals surface area contributed by atoms with E-state index in [0.29, 0.717) is 10.6 Å². The number of aliphatic carboxylic acids is 1. The van der Waals surface area contributed by atoms with E-state index < -0.39 is 17.9 Å². The minimum atomic E-state index is -1.08. The fourth-order valence-electron chi connectivity index (χ4n) is 0.764. The maximum absolute atomic E-state index is 11.4. The first-order chi connectivity index (χ1) is 6.52. The Bertz CT molecular complexity index is 363. The molecule has 0 aliphatic rings. The Morgan fingerprint density at radius 2 is 2.21 bits per heavy atom. The van der Waals surface area contributed by atoms with Crippen LogP contribution in [0.5, 0.6) is 0 Å². The minimum absolute atomic E-state index is 0.345. The Labute approximate surface area is 84.1 Å². The average molecular weight is 215 g/mol. The first-order valence-electron chi connectivity index (χ1n) is 3.85. The third kappa shape index (κ3) is 2.25. The van der Waals surface area contributed by atoms with Crippen LogP contribution in [0, 0.1) is 6.92 Å².